The van der Waals surface area contributed by atoms with Gasteiger partial charge in [0.25, 0.3) is 5.91 Å². The summed E-state index contributed by atoms with van der Waals surface area (Å²) in [6, 6.07) is 9.85. The average Bonchev–Trinajstić information content (AvgIpc) is 3.31. The highest BCUT2D eigenvalue weighted by atomic mass is 16.2. The molecule has 27 heavy (non-hydrogen) atoms. The minimum atomic E-state index is -0.0250. The molecule has 0 aliphatic heterocycles. The summed E-state index contributed by atoms with van der Waals surface area (Å²) in [5.41, 5.74) is 2.48. The van der Waals surface area contributed by atoms with Crippen molar-refractivity contribution in [1.29, 1.82) is 0 Å². The molecule has 1 aliphatic rings. The summed E-state index contributed by atoms with van der Waals surface area (Å²) < 4.78 is 1.83. The highest BCUT2D eigenvalue weighted by Crippen LogP contribution is 2.23. The first-order valence-corrected chi connectivity index (χ1v) is 9.11. The highest BCUT2D eigenvalue weighted by molar-refractivity contribution is 5.92. The van der Waals surface area contributed by atoms with Crippen LogP contribution in [0.2, 0.25) is 0 Å². The number of carbonyl (C=O) groups excluding carboxylic acids is 1. The number of amides is 1. The van der Waals surface area contributed by atoms with Crippen molar-refractivity contribution in [3.63, 3.8) is 0 Å². The van der Waals surface area contributed by atoms with Crippen LogP contribution >= 0.6 is 0 Å². The molecule has 0 aromatic carbocycles. The Labute approximate surface area is 157 Å². The Hall–Kier alpha value is -3.22. The predicted octanol–water partition coefficient (Wildman–Crippen LogP) is 2.64. The van der Waals surface area contributed by atoms with E-state index in [9.17, 15) is 4.79 Å². The average molecular weight is 362 g/mol. The van der Waals surface area contributed by atoms with Crippen molar-refractivity contribution in [3.8, 4) is 11.3 Å². The molecule has 0 saturated heterocycles. The molecular formula is C20H22N6O. The molecule has 0 radical (unpaired) electrons. The molecule has 1 amide bonds. The number of anilines is 1. The molecule has 0 unspecified atom stereocenters. The van der Waals surface area contributed by atoms with Gasteiger partial charge in [-0.15, -0.1) is 0 Å². The van der Waals surface area contributed by atoms with E-state index in [0.717, 1.165) is 30.5 Å². The van der Waals surface area contributed by atoms with Crippen molar-refractivity contribution in [2.75, 3.05) is 5.32 Å². The molecule has 3 heterocycles. The molecule has 1 fully saturated rings. The van der Waals surface area contributed by atoms with Gasteiger partial charge in [0, 0.05) is 49.5 Å². The lowest BCUT2D eigenvalue weighted by Gasteiger charge is -2.15. The number of nitrogens with zero attached hydrogens (tertiary/aromatic N) is 4. The molecule has 2 N–H and O–H groups in total. The minimum Gasteiger partial charge on any atom is -0.351 e. The topological polar surface area (TPSA) is 84.7 Å². The minimum absolute atomic E-state index is 0.0250. The fourth-order valence-electron chi connectivity index (χ4n) is 3.49. The second kappa shape index (κ2) is 7.57. The maximum absolute atomic E-state index is 12.4. The van der Waals surface area contributed by atoms with E-state index in [4.69, 9.17) is 0 Å². The van der Waals surface area contributed by atoms with Gasteiger partial charge in [0.05, 0.1) is 5.69 Å². The molecule has 1 saturated carbocycles. The molecule has 3 aromatic heterocycles. The Morgan fingerprint density at radius 3 is 2.81 bits per heavy atom. The largest absolute Gasteiger partial charge is 0.351 e. The summed E-state index contributed by atoms with van der Waals surface area (Å²) in [6.07, 6.45) is 9.93. The van der Waals surface area contributed by atoms with Gasteiger partial charge in [-0.3, -0.25) is 9.78 Å². The zero-order valence-electron chi connectivity index (χ0n) is 15.2. The van der Waals surface area contributed by atoms with Crippen LogP contribution in [0.25, 0.3) is 11.3 Å². The van der Waals surface area contributed by atoms with Crippen molar-refractivity contribution >= 4 is 11.9 Å². The molecule has 7 nitrogen and oxygen atoms in total. The zero-order chi connectivity index (χ0) is 18.6. The van der Waals surface area contributed by atoms with Crippen molar-refractivity contribution in [3.05, 3.63) is 60.8 Å². The summed E-state index contributed by atoms with van der Waals surface area (Å²) in [5.74, 6) is 0.582. The molecule has 3 aromatic rings. The summed E-state index contributed by atoms with van der Waals surface area (Å²) in [6.45, 7) is 0. The Bertz CT molecular complexity index is 923. The van der Waals surface area contributed by atoms with Crippen LogP contribution in [0.5, 0.6) is 0 Å². The Balaban J connectivity index is 1.36. The van der Waals surface area contributed by atoms with Crippen LogP contribution in [0.4, 0.5) is 5.95 Å². The van der Waals surface area contributed by atoms with Crippen molar-refractivity contribution in [2.24, 2.45) is 7.05 Å². The van der Waals surface area contributed by atoms with Gasteiger partial charge in [0.1, 0.15) is 5.69 Å². The first-order chi connectivity index (χ1) is 13.2. The van der Waals surface area contributed by atoms with Gasteiger partial charge in [0.15, 0.2) is 0 Å². The van der Waals surface area contributed by atoms with Crippen molar-refractivity contribution in [1.82, 2.24) is 24.8 Å². The summed E-state index contributed by atoms with van der Waals surface area (Å²) in [7, 11) is 1.88. The lowest BCUT2D eigenvalue weighted by Crippen LogP contribution is -2.34. The first-order valence-electron chi connectivity index (χ1n) is 9.11. The van der Waals surface area contributed by atoms with Crippen LogP contribution < -0.4 is 10.6 Å². The zero-order valence-corrected chi connectivity index (χ0v) is 15.2. The van der Waals surface area contributed by atoms with Crippen LogP contribution in [0.1, 0.15) is 29.8 Å². The van der Waals surface area contributed by atoms with Gasteiger partial charge in [-0.2, -0.15) is 0 Å². The number of rotatable bonds is 5. The molecule has 0 bridgehead atoms. The maximum Gasteiger partial charge on any atom is 0.268 e. The van der Waals surface area contributed by atoms with Gasteiger partial charge < -0.3 is 15.2 Å². The molecule has 138 valence electrons. The second-order valence-corrected chi connectivity index (χ2v) is 6.84. The van der Waals surface area contributed by atoms with E-state index in [1.807, 2.05) is 48.1 Å². The Morgan fingerprint density at radius 1 is 1.15 bits per heavy atom. The molecule has 7 heteroatoms. The van der Waals surface area contributed by atoms with Crippen LogP contribution in [0.15, 0.2) is 55.1 Å². The molecule has 1 aliphatic carbocycles. The fourth-order valence-corrected chi connectivity index (χ4v) is 3.49. The van der Waals surface area contributed by atoms with E-state index < -0.39 is 0 Å². The first kappa shape index (κ1) is 17.2. The number of aromatic nitrogens is 4. The number of hydrogen-bond donors (Lipinski definition) is 2. The number of nitrogens with one attached hydrogen (secondary N) is 2. The standard InChI is InChI=1S/C20H22N6O/c1-26-11-3-5-18(26)19(27)23-15-6-7-16(12-15)24-20-22-10-8-17(25-20)14-4-2-9-21-13-14/h2-5,8-11,13,15-16H,6-7,12H2,1H3,(H,23,27)(H,22,24,25)/t15-,16-/m0/s1. The maximum atomic E-state index is 12.4. The van der Waals surface area contributed by atoms with Crippen LogP contribution in [0, 0.1) is 0 Å². The monoisotopic (exact) mass is 362 g/mol. The fraction of sp³-hybridized carbons (Fsp3) is 0.300. The number of hydrogen-bond acceptors (Lipinski definition) is 5. The summed E-state index contributed by atoms with van der Waals surface area (Å²) >= 11 is 0. The number of aryl methyl sites for hydroxylation is 1. The second-order valence-electron chi connectivity index (χ2n) is 6.84. The third-order valence-electron chi connectivity index (χ3n) is 4.89. The van der Waals surface area contributed by atoms with Gasteiger partial charge in [-0.1, -0.05) is 0 Å². The van der Waals surface area contributed by atoms with E-state index in [1.54, 1.807) is 18.6 Å². The molecule has 2 atom stereocenters. The van der Waals surface area contributed by atoms with E-state index >= 15 is 0 Å². The molecule has 4 rings (SSSR count). The predicted molar refractivity (Wildman–Crippen MR) is 103 cm³/mol. The van der Waals surface area contributed by atoms with E-state index in [0.29, 0.717) is 11.6 Å². The number of carbonyl (C=O) groups is 1. The van der Waals surface area contributed by atoms with Gasteiger partial charge >= 0.3 is 0 Å². The molecule has 0 spiro atoms. The van der Waals surface area contributed by atoms with Gasteiger partial charge in [-0.05, 0) is 49.6 Å². The van der Waals surface area contributed by atoms with E-state index in [2.05, 4.69) is 25.6 Å². The van der Waals surface area contributed by atoms with Crippen molar-refractivity contribution < 1.29 is 4.79 Å². The third kappa shape index (κ3) is 3.97. The van der Waals surface area contributed by atoms with E-state index in [1.165, 1.54) is 0 Å². The van der Waals surface area contributed by atoms with Crippen LogP contribution in [-0.2, 0) is 7.05 Å². The SMILES string of the molecule is Cn1cccc1C(=O)N[C@H]1CC[C@H](Nc2nccc(-c3cccnc3)n2)C1. The Morgan fingerprint density at radius 2 is 2.04 bits per heavy atom. The lowest BCUT2D eigenvalue weighted by molar-refractivity contribution is 0.0929. The molecular weight excluding hydrogens is 340 g/mol. The normalized spacial score (nSPS) is 19.0. The summed E-state index contributed by atoms with van der Waals surface area (Å²) in [4.78, 5) is 25.4. The van der Waals surface area contributed by atoms with Crippen LogP contribution in [0.3, 0.4) is 0 Å². The number of pyridine rings is 1. The smallest absolute Gasteiger partial charge is 0.268 e. The quantitative estimate of drug-likeness (QED) is 0.729. The van der Waals surface area contributed by atoms with Crippen molar-refractivity contribution in [2.45, 2.75) is 31.3 Å². The van der Waals surface area contributed by atoms with Crippen LogP contribution in [-0.4, -0.2) is 37.5 Å². The third-order valence-corrected chi connectivity index (χ3v) is 4.89. The Kier molecular flexibility index (Phi) is 4.82. The van der Waals surface area contributed by atoms with Gasteiger partial charge in [-0.25, -0.2) is 9.97 Å². The van der Waals surface area contributed by atoms with E-state index in [-0.39, 0.29) is 18.0 Å². The highest BCUT2D eigenvalue weighted by Gasteiger charge is 2.27. The summed E-state index contributed by atoms with van der Waals surface area (Å²) in [5, 5.41) is 6.53. The van der Waals surface area contributed by atoms with Gasteiger partial charge in [0.2, 0.25) is 5.95 Å². The lowest BCUT2D eigenvalue weighted by atomic mass is 10.2.